The van der Waals surface area contributed by atoms with Gasteiger partial charge in [0.25, 0.3) is 0 Å². The zero-order valence-corrected chi connectivity index (χ0v) is 6.08. The van der Waals surface area contributed by atoms with Crippen LogP contribution in [-0.4, -0.2) is 17.6 Å². The van der Waals surface area contributed by atoms with E-state index in [2.05, 4.69) is 15.0 Å². The Morgan fingerprint density at radius 2 is 2.50 bits per heavy atom. The molecule has 1 aliphatic heterocycles. The summed E-state index contributed by atoms with van der Waals surface area (Å²) < 4.78 is 19.5. The maximum Gasteiger partial charge on any atom is 0.473 e. The summed E-state index contributed by atoms with van der Waals surface area (Å²) in [5.74, 6) is 2.23. The van der Waals surface area contributed by atoms with Gasteiger partial charge < -0.3 is 4.89 Å². The first-order valence-electron chi connectivity index (χ1n) is 2.76. The first kappa shape index (κ1) is 7.77. The molecule has 0 saturated carbocycles. The fraction of sp³-hybridized carbons (Fsp3) is 0.600. The van der Waals surface area contributed by atoms with Gasteiger partial charge in [-0.25, -0.2) is 4.57 Å². The summed E-state index contributed by atoms with van der Waals surface area (Å²) in [5.41, 5.74) is 0. The molecular formula is C5H7O4P. The van der Waals surface area contributed by atoms with Gasteiger partial charge in [0.15, 0.2) is 0 Å². The molecule has 2 unspecified atom stereocenters. The highest BCUT2D eigenvalue weighted by Crippen LogP contribution is 2.47. The van der Waals surface area contributed by atoms with Crippen LogP contribution in [0.15, 0.2) is 0 Å². The van der Waals surface area contributed by atoms with Gasteiger partial charge in [0, 0.05) is 6.42 Å². The Balaban J connectivity index is 2.58. The summed E-state index contributed by atoms with van der Waals surface area (Å²) >= 11 is 0. The van der Waals surface area contributed by atoms with Gasteiger partial charge >= 0.3 is 7.82 Å². The molecule has 2 atom stereocenters. The fourth-order valence-electron chi connectivity index (χ4n) is 0.633. The molecule has 56 valence electrons. The quantitative estimate of drug-likeness (QED) is 0.417. The van der Waals surface area contributed by atoms with Crippen LogP contribution in [-0.2, 0) is 13.6 Å². The standard InChI is InChI=1S/C5H7O4P/c1-2-5-3-4-8-10(6,7)9-5/h1,5H,3-4H2,(H,6,7). The Labute approximate surface area is 58.8 Å². The van der Waals surface area contributed by atoms with Gasteiger partial charge in [-0.2, -0.15) is 0 Å². The van der Waals surface area contributed by atoms with Crippen molar-refractivity contribution in [3.8, 4) is 12.3 Å². The van der Waals surface area contributed by atoms with Crippen LogP contribution in [0, 0.1) is 12.3 Å². The smallest absolute Gasteiger partial charge is 0.302 e. The first-order valence-corrected chi connectivity index (χ1v) is 4.25. The monoisotopic (exact) mass is 162 g/mol. The van der Waals surface area contributed by atoms with Crippen LogP contribution in [0.3, 0.4) is 0 Å². The number of phosphoric ester groups is 1. The van der Waals surface area contributed by atoms with Crippen molar-refractivity contribution in [1.82, 2.24) is 0 Å². The minimum Gasteiger partial charge on any atom is -0.302 e. The van der Waals surface area contributed by atoms with Crippen molar-refractivity contribution in [2.75, 3.05) is 6.61 Å². The predicted molar refractivity (Wildman–Crippen MR) is 34.1 cm³/mol. The van der Waals surface area contributed by atoms with Gasteiger partial charge in [0.05, 0.1) is 6.61 Å². The predicted octanol–water partition coefficient (Wildman–Crippen LogP) is 0.525. The second-order valence-electron chi connectivity index (χ2n) is 1.85. The lowest BCUT2D eigenvalue weighted by Crippen LogP contribution is -2.18. The van der Waals surface area contributed by atoms with E-state index in [1.807, 2.05) is 0 Å². The lowest BCUT2D eigenvalue weighted by molar-refractivity contribution is 0.0736. The summed E-state index contributed by atoms with van der Waals surface area (Å²) in [5, 5.41) is 0. The zero-order chi connectivity index (χ0) is 7.61. The maximum atomic E-state index is 10.6. The third kappa shape index (κ3) is 1.83. The molecule has 1 heterocycles. The van der Waals surface area contributed by atoms with E-state index in [1.54, 1.807) is 0 Å². The van der Waals surface area contributed by atoms with Crippen molar-refractivity contribution in [2.45, 2.75) is 12.5 Å². The highest BCUT2D eigenvalue weighted by atomic mass is 31.2. The van der Waals surface area contributed by atoms with Crippen molar-refractivity contribution in [1.29, 1.82) is 0 Å². The van der Waals surface area contributed by atoms with E-state index in [-0.39, 0.29) is 6.61 Å². The summed E-state index contributed by atoms with van der Waals surface area (Å²) in [6.45, 7) is 0.183. The largest absolute Gasteiger partial charge is 0.473 e. The van der Waals surface area contributed by atoms with E-state index < -0.39 is 13.9 Å². The van der Waals surface area contributed by atoms with Gasteiger partial charge in [0.1, 0.15) is 6.10 Å². The average Bonchev–Trinajstić information content (AvgIpc) is 1.86. The van der Waals surface area contributed by atoms with Crippen molar-refractivity contribution in [3.05, 3.63) is 0 Å². The van der Waals surface area contributed by atoms with Gasteiger partial charge in [-0.05, 0) is 0 Å². The normalized spacial score (nSPS) is 40.6. The number of terminal acetylenes is 1. The molecule has 0 bridgehead atoms. The third-order valence-corrected chi connectivity index (χ3v) is 2.11. The van der Waals surface area contributed by atoms with E-state index >= 15 is 0 Å². The van der Waals surface area contributed by atoms with Crippen LogP contribution in [0.2, 0.25) is 0 Å². The highest BCUT2D eigenvalue weighted by molar-refractivity contribution is 7.47. The fourth-order valence-corrected chi connectivity index (χ4v) is 1.52. The summed E-state index contributed by atoms with van der Waals surface area (Å²) in [6.07, 6.45) is 4.86. The molecule has 1 saturated heterocycles. The minimum atomic E-state index is -3.80. The zero-order valence-electron chi connectivity index (χ0n) is 5.19. The molecular weight excluding hydrogens is 155 g/mol. The first-order chi connectivity index (χ1) is 4.64. The molecule has 4 nitrogen and oxygen atoms in total. The van der Waals surface area contributed by atoms with Crippen LogP contribution in [0.5, 0.6) is 0 Å². The molecule has 0 aromatic heterocycles. The SMILES string of the molecule is C#CC1CCOP(=O)(O)O1. The Kier molecular flexibility index (Phi) is 2.12. The summed E-state index contributed by atoms with van der Waals surface area (Å²) in [6, 6.07) is 0. The molecule has 1 rings (SSSR count). The molecule has 0 amide bonds. The van der Waals surface area contributed by atoms with E-state index in [0.717, 1.165) is 0 Å². The maximum absolute atomic E-state index is 10.6. The van der Waals surface area contributed by atoms with Crippen molar-refractivity contribution in [2.24, 2.45) is 0 Å². The average molecular weight is 162 g/mol. The van der Waals surface area contributed by atoms with Crippen LogP contribution >= 0.6 is 7.82 Å². The Morgan fingerprint density at radius 3 is 2.90 bits per heavy atom. The number of rotatable bonds is 0. The Hall–Kier alpha value is -0.330. The van der Waals surface area contributed by atoms with Crippen LogP contribution < -0.4 is 0 Å². The molecule has 1 fully saturated rings. The van der Waals surface area contributed by atoms with Gasteiger partial charge in [-0.3, -0.25) is 9.05 Å². The molecule has 0 aromatic carbocycles. The molecule has 1 aliphatic rings. The Morgan fingerprint density at radius 1 is 1.80 bits per heavy atom. The highest BCUT2D eigenvalue weighted by Gasteiger charge is 2.30. The van der Waals surface area contributed by atoms with E-state index in [1.165, 1.54) is 0 Å². The van der Waals surface area contributed by atoms with E-state index in [0.29, 0.717) is 6.42 Å². The van der Waals surface area contributed by atoms with Crippen LogP contribution in [0.25, 0.3) is 0 Å². The molecule has 0 aliphatic carbocycles. The van der Waals surface area contributed by atoms with Crippen molar-refractivity contribution >= 4 is 7.82 Å². The lowest BCUT2D eigenvalue weighted by Gasteiger charge is -2.21. The van der Waals surface area contributed by atoms with Crippen molar-refractivity contribution in [3.63, 3.8) is 0 Å². The molecule has 0 aromatic rings. The topological polar surface area (TPSA) is 55.8 Å². The number of hydrogen-bond acceptors (Lipinski definition) is 3. The van der Waals surface area contributed by atoms with E-state index in [9.17, 15) is 4.57 Å². The molecule has 0 spiro atoms. The van der Waals surface area contributed by atoms with Gasteiger partial charge in [0.2, 0.25) is 0 Å². The molecule has 1 N–H and O–H groups in total. The second-order valence-corrected chi connectivity index (χ2v) is 3.26. The van der Waals surface area contributed by atoms with Gasteiger partial charge in [-0.15, -0.1) is 6.42 Å². The van der Waals surface area contributed by atoms with Gasteiger partial charge in [-0.1, -0.05) is 5.92 Å². The van der Waals surface area contributed by atoms with Crippen LogP contribution in [0.1, 0.15) is 6.42 Å². The number of hydrogen-bond donors (Lipinski definition) is 1. The molecule has 5 heteroatoms. The minimum absolute atomic E-state index is 0.183. The van der Waals surface area contributed by atoms with E-state index in [4.69, 9.17) is 11.3 Å². The Bertz CT molecular complexity index is 206. The third-order valence-electron chi connectivity index (χ3n) is 1.08. The van der Waals surface area contributed by atoms with Crippen LogP contribution in [0.4, 0.5) is 0 Å². The molecule has 0 radical (unpaired) electrons. The summed E-state index contributed by atoms with van der Waals surface area (Å²) in [7, 11) is -3.80. The summed E-state index contributed by atoms with van der Waals surface area (Å²) in [4.78, 5) is 8.69. The lowest BCUT2D eigenvalue weighted by atomic mass is 10.3. The molecule has 10 heavy (non-hydrogen) atoms. The second kappa shape index (κ2) is 2.73. The number of phosphoric acid groups is 1. The van der Waals surface area contributed by atoms with Crippen molar-refractivity contribution < 1.29 is 18.5 Å².